The number of fused-ring (bicyclic) bond motifs is 1. The summed E-state index contributed by atoms with van der Waals surface area (Å²) >= 11 is 6.25. The zero-order valence-corrected chi connectivity index (χ0v) is 12.5. The van der Waals surface area contributed by atoms with Crippen molar-refractivity contribution >= 4 is 22.4 Å². The zero-order valence-electron chi connectivity index (χ0n) is 11.7. The predicted molar refractivity (Wildman–Crippen MR) is 85.0 cm³/mol. The highest BCUT2D eigenvalue weighted by Crippen LogP contribution is 2.27. The van der Waals surface area contributed by atoms with Crippen LogP contribution < -0.4 is 5.32 Å². The average molecular weight is 276 g/mol. The number of rotatable bonds is 6. The van der Waals surface area contributed by atoms with Crippen molar-refractivity contribution in [1.82, 2.24) is 5.32 Å². The monoisotopic (exact) mass is 275 g/mol. The van der Waals surface area contributed by atoms with Crippen molar-refractivity contribution in [3.8, 4) is 0 Å². The lowest BCUT2D eigenvalue weighted by Gasteiger charge is -2.13. The van der Waals surface area contributed by atoms with Gasteiger partial charge in [0.15, 0.2) is 0 Å². The standard InChI is InChI=1S/C17H22ClN/c1-13(11-12-19-2)7-8-14-9-10-17(18)16-6-4-3-5-15(14)16/h3-6,9-10,13,19H,7-8,11-12H2,1-2H3. The van der Waals surface area contributed by atoms with Gasteiger partial charge in [0.05, 0.1) is 0 Å². The molecule has 0 saturated heterocycles. The van der Waals surface area contributed by atoms with E-state index in [1.807, 2.05) is 19.2 Å². The molecule has 0 amide bonds. The van der Waals surface area contributed by atoms with E-state index >= 15 is 0 Å². The first-order chi connectivity index (χ1) is 9.22. The van der Waals surface area contributed by atoms with Crippen LogP contribution in [-0.4, -0.2) is 13.6 Å². The summed E-state index contributed by atoms with van der Waals surface area (Å²) in [4.78, 5) is 0. The normalized spacial score (nSPS) is 12.8. The maximum Gasteiger partial charge on any atom is 0.0484 e. The molecule has 0 heterocycles. The third kappa shape index (κ3) is 3.71. The zero-order chi connectivity index (χ0) is 13.7. The number of hydrogen-bond acceptors (Lipinski definition) is 1. The molecule has 2 aromatic carbocycles. The minimum atomic E-state index is 0.752. The van der Waals surface area contributed by atoms with Crippen molar-refractivity contribution in [3.63, 3.8) is 0 Å². The first kappa shape index (κ1) is 14.4. The average Bonchev–Trinajstić information content (AvgIpc) is 2.45. The quantitative estimate of drug-likeness (QED) is 0.808. The molecule has 0 radical (unpaired) electrons. The third-order valence-electron chi connectivity index (χ3n) is 3.75. The van der Waals surface area contributed by atoms with Crippen LogP contribution in [0, 0.1) is 5.92 Å². The Bertz CT molecular complexity index is 536. The minimum Gasteiger partial charge on any atom is -0.320 e. The summed E-state index contributed by atoms with van der Waals surface area (Å²) in [6, 6.07) is 12.6. The SMILES string of the molecule is CNCCC(C)CCc1ccc(Cl)c2ccccc12. The number of hydrogen-bond donors (Lipinski definition) is 1. The fourth-order valence-electron chi connectivity index (χ4n) is 2.48. The maximum absolute atomic E-state index is 6.25. The summed E-state index contributed by atoms with van der Waals surface area (Å²) < 4.78 is 0. The van der Waals surface area contributed by atoms with Gasteiger partial charge < -0.3 is 5.32 Å². The third-order valence-corrected chi connectivity index (χ3v) is 4.08. The van der Waals surface area contributed by atoms with E-state index in [0.717, 1.165) is 23.9 Å². The van der Waals surface area contributed by atoms with Gasteiger partial charge in [0.25, 0.3) is 0 Å². The molecule has 1 unspecified atom stereocenters. The lowest BCUT2D eigenvalue weighted by Crippen LogP contribution is -2.11. The fourth-order valence-corrected chi connectivity index (χ4v) is 2.71. The Labute approximate surface area is 121 Å². The molecule has 1 N–H and O–H groups in total. The van der Waals surface area contributed by atoms with E-state index < -0.39 is 0 Å². The second-order valence-corrected chi connectivity index (χ2v) is 5.70. The number of benzene rings is 2. The molecular formula is C17H22ClN. The molecule has 0 aliphatic carbocycles. The molecule has 1 atom stereocenters. The summed E-state index contributed by atoms with van der Waals surface area (Å²) in [5, 5.41) is 6.54. The van der Waals surface area contributed by atoms with Gasteiger partial charge in [-0.15, -0.1) is 0 Å². The van der Waals surface area contributed by atoms with Gasteiger partial charge in [0, 0.05) is 10.4 Å². The molecule has 0 saturated carbocycles. The topological polar surface area (TPSA) is 12.0 Å². The molecular weight excluding hydrogens is 254 g/mol. The molecule has 2 heteroatoms. The van der Waals surface area contributed by atoms with Gasteiger partial charge in [-0.25, -0.2) is 0 Å². The molecule has 0 aliphatic heterocycles. The van der Waals surface area contributed by atoms with Crippen molar-refractivity contribution < 1.29 is 0 Å². The van der Waals surface area contributed by atoms with Crippen molar-refractivity contribution in [1.29, 1.82) is 0 Å². The fraction of sp³-hybridized carbons (Fsp3) is 0.412. The van der Waals surface area contributed by atoms with Crippen LogP contribution in [0.15, 0.2) is 36.4 Å². The lowest BCUT2D eigenvalue weighted by molar-refractivity contribution is 0.482. The second kappa shape index (κ2) is 6.93. The van der Waals surface area contributed by atoms with E-state index in [1.165, 1.54) is 29.2 Å². The lowest BCUT2D eigenvalue weighted by atomic mass is 9.95. The summed E-state index contributed by atoms with van der Waals surface area (Å²) in [6.07, 6.45) is 3.60. The highest BCUT2D eigenvalue weighted by atomic mass is 35.5. The molecule has 2 aromatic rings. The second-order valence-electron chi connectivity index (χ2n) is 5.29. The maximum atomic E-state index is 6.25. The van der Waals surface area contributed by atoms with Crippen LogP contribution in [-0.2, 0) is 6.42 Å². The Balaban J connectivity index is 2.11. The minimum absolute atomic E-state index is 0.752. The van der Waals surface area contributed by atoms with Crippen LogP contribution in [0.5, 0.6) is 0 Å². The summed E-state index contributed by atoms with van der Waals surface area (Å²) in [5.74, 6) is 0.752. The van der Waals surface area contributed by atoms with Crippen LogP contribution in [0.3, 0.4) is 0 Å². The van der Waals surface area contributed by atoms with E-state index in [4.69, 9.17) is 11.6 Å². The largest absolute Gasteiger partial charge is 0.320 e. The molecule has 2 rings (SSSR count). The first-order valence-corrected chi connectivity index (χ1v) is 7.41. The molecule has 0 bridgehead atoms. The van der Waals surface area contributed by atoms with Gasteiger partial charge in [-0.2, -0.15) is 0 Å². The Morgan fingerprint density at radius 1 is 1.05 bits per heavy atom. The Kier molecular flexibility index (Phi) is 5.24. The van der Waals surface area contributed by atoms with Crippen molar-refractivity contribution in [3.05, 3.63) is 47.0 Å². The summed E-state index contributed by atoms with van der Waals surface area (Å²) in [7, 11) is 2.01. The van der Waals surface area contributed by atoms with Crippen LogP contribution in [0.2, 0.25) is 5.02 Å². The van der Waals surface area contributed by atoms with E-state index in [1.54, 1.807) is 0 Å². The number of halogens is 1. The highest BCUT2D eigenvalue weighted by molar-refractivity contribution is 6.35. The van der Waals surface area contributed by atoms with Crippen LogP contribution >= 0.6 is 11.6 Å². The van der Waals surface area contributed by atoms with E-state index in [9.17, 15) is 0 Å². The Hall–Kier alpha value is -1.05. The molecule has 0 fully saturated rings. The summed E-state index contributed by atoms with van der Waals surface area (Å²) in [5.41, 5.74) is 1.41. The van der Waals surface area contributed by atoms with Gasteiger partial charge in [0.2, 0.25) is 0 Å². The van der Waals surface area contributed by atoms with Crippen LogP contribution in [0.4, 0.5) is 0 Å². The van der Waals surface area contributed by atoms with Gasteiger partial charge in [0.1, 0.15) is 0 Å². The van der Waals surface area contributed by atoms with Crippen LogP contribution in [0.1, 0.15) is 25.3 Å². The molecule has 1 nitrogen and oxygen atoms in total. The number of aryl methyl sites for hydroxylation is 1. The van der Waals surface area contributed by atoms with Gasteiger partial charge >= 0.3 is 0 Å². The van der Waals surface area contributed by atoms with Crippen molar-refractivity contribution in [2.75, 3.05) is 13.6 Å². The Morgan fingerprint density at radius 3 is 2.53 bits per heavy atom. The van der Waals surface area contributed by atoms with Gasteiger partial charge in [-0.05, 0) is 55.8 Å². The Morgan fingerprint density at radius 2 is 1.79 bits per heavy atom. The smallest absolute Gasteiger partial charge is 0.0484 e. The van der Waals surface area contributed by atoms with Crippen LogP contribution in [0.25, 0.3) is 10.8 Å². The first-order valence-electron chi connectivity index (χ1n) is 7.03. The van der Waals surface area contributed by atoms with Gasteiger partial charge in [-0.1, -0.05) is 48.9 Å². The predicted octanol–water partition coefficient (Wildman–Crippen LogP) is 4.67. The summed E-state index contributed by atoms with van der Waals surface area (Å²) in [6.45, 7) is 3.43. The molecule has 0 aromatic heterocycles. The van der Waals surface area contributed by atoms with E-state index in [0.29, 0.717) is 0 Å². The van der Waals surface area contributed by atoms with E-state index in [2.05, 4.69) is 36.5 Å². The van der Waals surface area contributed by atoms with Crippen molar-refractivity contribution in [2.45, 2.75) is 26.2 Å². The van der Waals surface area contributed by atoms with Gasteiger partial charge in [-0.3, -0.25) is 0 Å². The molecule has 0 aliphatic rings. The molecule has 102 valence electrons. The molecule has 0 spiro atoms. The molecule has 19 heavy (non-hydrogen) atoms. The highest BCUT2D eigenvalue weighted by Gasteiger charge is 2.07. The van der Waals surface area contributed by atoms with Crippen molar-refractivity contribution in [2.24, 2.45) is 5.92 Å². The number of nitrogens with one attached hydrogen (secondary N) is 1. The van der Waals surface area contributed by atoms with E-state index in [-0.39, 0.29) is 0 Å².